The van der Waals surface area contributed by atoms with Crippen LogP contribution in [0, 0.1) is 5.41 Å². The lowest BCUT2D eigenvalue weighted by Gasteiger charge is -2.35. The smallest absolute Gasteiger partial charge is 0.315 e. The first kappa shape index (κ1) is 14.5. The number of carbonyl (C=O) groups is 1. The molecule has 2 aliphatic heterocycles. The summed E-state index contributed by atoms with van der Waals surface area (Å²) in [6.07, 6.45) is 7.20. The number of nitrogens with zero attached hydrogens (tertiary/aromatic N) is 1. The van der Waals surface area contributed by atoms with Gasteiger partial charge in [-0.15, -0.1) is 0 Å². The van der Waals surface area contributed by atoms with Crippen LogP contribution in [0.25, 0.3) is 0 Å². The second-order valence-corrected chi connectivity index (χ2v) is 7.22. The van der Waals surface area contributed by atoms with Crippen molar-refractivity contribution in [3.05, 3.63) is 30.1 Å². The number of hydrogen-bond acceptors (Lipinski definition) is 4. The highest BCUT2D eigenvalue weighted by atomic mass is 16.6. The van der Waals surface area contributed by atoms with Crippen LogP contribution in [-0.2, 0) is 20.7 Å². The Morgan fingerprint density at radius 1 is 1.38 bits per heavy atom. The minimum absolute atomic E-state index is 0.00878. The zero-order valence-electron chi connectivity index (χ0n) is 13.0. The lowest BCUT2D eigenvalue weighted by atomic mass is 9.70. The molecule has 1 aromatic heterocycles. The maximum atomic E-state index is 12.9. The largest absolute Gasteiger partial charge is 0.459 e. The van der Waals surface area contributed by atoms with Gasteiger partial charge in [-0.25, -0.2) is 0 Å². The van der Waals surface area contributed by atoms with Gasteiger partial charge in [0, 0.05) is 12.4 Å². The Bertz CT molecular complexity index is 523. The highest BCUT2D eigenvalue weighted by Crippen LogP contribution is 2.50. The van der Waals surface area contributed by atoms with Gasteiger partial charge >= 0.3 is 5.97 Å². The zero-order chi connectivity index (χ0) is 15.1. The Kier molecular flexibility index (Phi) is 3.52. The molecular weight excluding hydrogens is 266 g/mol. The van der Waals surface area contributed by atoms with Crippen LogP contribution in [0.3, 0.4) is 0 Å². The van der Waals surface area contributed by atoms with Gasteiger partial charge in [-0.1, -0.05) is 0 Å². The molecule has 4 nitrogen and oxygen atoms in total. The van der Waals surface area contributed by atoms with Gasteiger partial charge in [-0.05, 0) is 64.2 Å². The minimum atomic E-state index is -0.530. The second-order valence-electron chi connectivity index (χ2n) is 7.22. The highest BCUT2D eigenvalue weighted by molar-refractivity contribution is 5.79. The first-order chi connectivity index (χ1) is 9.89. The topological polar surface area (TPSA) is 48.4 Å². The molecule has 3 heterocycles. The van der Waals surface area contributed by atoms with E-state index in [1.165, 1.54) is 0 Å². The molecule has 0 aromatic carbocycles. The van der Waals surface area contributed by atoms with Gasteiger partial charge in [0.2, 0.25) is 0 Å². The number of rotatable bonds is 3. The quantitative estimate of drug-likeness (QED) is 0.803. The molecule has 0 unspecified atom stereocenters. The molecule has 2 fully saturated rings. The van der Waals surface area contributed by atoms with Crippen molar-refractivity contribution in [2.75, 3.05) is 0 Å². The summed E-state index contributed by atoms with van der Waals surface area (Å²) in [6.45, 7) is 5.75. The fraction of sp³-hybridized carbons (Fsp3) is 0.647. The molecule has 0 radical (unpaired) electrons. The molecule has 0 aliphatic carbocycles. The van der Waals surface area contributed by atoms with Crippen LogP contribution in [0.5, 0.6) is 0 Å². The summed E-state index contributed by atoms with van der Waals surface area (Å²) in [4.78, 5) is 16.9. The van der Waals surface area contributed by atoms with Gasteiger partial charge < -0.3 is 9.47 Å². The van der Waals surface area contributed by atoms with Gasteiger partial charge in [0.25, 0.3) is 0 Å². The van der Waals surface area contributed by atoms with E-state index in [-0.39, 0.29) is 18.2 Å². The third-order valence-corrected chi connectivity index (χ3v) is 4.39. The number of esters is 1. The Hall–Kier alpha value is -1.42. The minimum Gasteiger partial charge on any atom is -0.459 e. The number of hydrogen-bond donors (Lipinski definition) is 0. The lowest BCUT2D eigenvalue weighted by molar-refractivity contribution is -0.171. The highest BCUT2D eigenvalue weighted by Gasteiger charge is 2.58. The predicted molar refractivity (Wildman–Crippen MR) is 78.7 cm³/mol. The first-order valence-corrected chi connectivity index (χ1v) is 7.67. The van der Waals surface area contributed by atoms with E-state index in [0.717, 1.165) is 24.8 Å². The van der Waals surface area contributed by atoms with Crippen molar-refractivity contribution in [1.29, 1.82) is 0 Å². The maximum Gasteiger partial charge on any atom is 0.315 e. The second kappa shape index (κ2) is 5.09. The third-order valence-electron chi connectivity index (χ3n) is 4.39. The van der Waals surface area contributed by atoms with Crippen molar-refractivity contribution in [3.63, 3.8) is 0 Å². The molecule has 3 rings (SSSR count). The standard InChI is InChI=1S/C17H23NO3/c1-16(2,3)21-15(19)17(10-12-6-8-18-9-7-12)11-13-4-5-14(17)20-13/h6-9,13-14H,4-5,10-11H2,1-3H3/t13-,14+,17-/m0/s1. The van der Waals surface area contributed by atoms with Crippen LogP contribution in [0.2, 0.25) is 0 Å². The summed E-state index contributed by atoms with van der Waals surface area (Å²) in [5.74, 6) is -0.112. The average molecular weight is 289 g/mol. The van der Waals surface area contributed by atoms with E-state index >= 15 is 0 Å². The number of fused-ring (bicyclic) bond motifs is 2. The van der Waals surface area contributed by atoms with Crippen molar-refractivity contribution in [1.82, 2.24) is 4.98 Å². The fourth-order valence-corrected chi connectivity index (χ4v) is 3.52. The van der Waals surface area contributed by atoms with E-state index in [4.69, 9.17) is 9.47 Å². The van der Waals surface area contributed by atoms with E-state index in [9.17, 15) is 4.79 Å². The molecule has 3 atom stereocenters. The van der Waals surface area contributed by atoms with Crippen LogP contribution in [-0.4, -0.2) is 28.8 Å². The summed E-state index contributed by atoms with van der Waals surface area (Å²) in [5, 5.41) is 0. The van der Waals surface area contributed by atoms with Crippen molar-refractivity contribution >= 4 is 5.97 Å². The number of aromatic nitrogens is 1. The maximum absolute atomic E-state index is 12.9. The molecule has 2 bridgehead atoms. The molecule has 21 heavy (non-hydrogen) atoms. The molecule has 4 heteroatoms. The predicted octanol–water partition coefficient (Wildman–Crippen LogP) is 2.90. The monoisotopic (exact) mass is 289 g/mol. The molecule has 0 amide bonds. The molecule has 2 saturated heterocycles. The lowest BCUT2D eigenvalue weighted by Crippen LogP contribution is -2.46. The molecular formula is C17H23NO3. The summed E-state index contributed by atoms with van der Waals surface area (Å²) in [6, 6.07) is 3.94. The molecule has 0 N–H and O–H groups in total. The van der Waals surface area contributed by atoms with Gasteiger partial charge in [0.05, 0.1) is 12.2 Å². The summed E-state index contributed by atoms with van der Waals surface area (Å²) in [5.41, 5.74) is 0.119. The van der Waals surface area contributed by atoms with Crippen LogP contribution < -0.4 is 0 Å². The van der Waals surface area contributed by atoms with E-state index in [1.807, 2.05) is 32.9 Å². The van der Waals surface area contributed by atoms with Gasteiger partial charge in [0.15, 0.2) is 0 Å². The Balaban J connectivity index is 1.87. The Morgan fingerprint density at radius 3 is 2.62 bits per heavy atom. The van der Waals surface area contributed by atoms with Crippen molar-refractivity contribution in [2.24, 2.45) is 5.41 Å². The SMILES string of the molecule is CC(C)(C)OC(=O)[C@@]1(Cc2ccncc2)C[C@@H]2CC[C@H]1O2. The summed E-state index contributed by atoms with van der Waals surface area (Å²) in [7, 11) is 0. The average Bonchev–Trinajstić information content (AvgIpc) is 2.99. The van der Waals surface area contributed by atoms with Crippen LogP contribution in [0.4, 0.5) is 0 Å². The fourth-order valence-electron chi connectivity index (χ4n) is 3.52. The van der Waals surface area contributed by atoms with Gasteiger partial charge in [0.1, 0.15) is 11.0 Å². The summed E-state index contributed by atoms with van der Waals surface area (Å²) < 4.78 is 11.7. The molecule has 0 spiro atoms. The van der Waals surface area contributed by atoms with Crippen molar-refractivity contribution in [2.45, 2.75) is 64.3 Å². The molecule has 0 saturated carbocycles. The van der Waals surface area contributed by atoms with Gasteiger partial charge in [-0.3, -0.25) is 9.78 Å². The third kappa shape index (κ3) is 2.82. The van der Waals surface area contributed by atoms with E-state index in [2.05, 4.69) is 4.98 Å². The van der Waals surface area contributed by atoms with Crippen molar-refractivity contribution < 1.29 is 14.3 Å². The number of ether oxygens (including phenoxy) is 2. The zero-order valence-corrected chi connectivity index (χ0v) is 13.0. The van der Waals surface area contributed by atoms with Crippen LogP contribution >= 0.6 is 0 Å². The summed E-state index contributed by atoms with van der Waals surface area (Å²) >= 11 is 0. The van der Waals surface area contributed by atoms with Gasteiger partial charge in [-0.2, -0.15) is 0 Å². The van der Waals surface area contributed by atoms with E-state index in [1.54, 1.807) is 12.4 Å². The van der Waals surface area contributed by atoms with Crippen LogP contribution in [0.1, 0.15) is 45.6 Å². The normalized spacial score (nSPS) is 31.4. The number of carbonyl (C=O) groups excluding carboxylic acids is 1. The van der Waals surface area contributed by atoms with E-state index in [0.29, 0.717) is 6.42 Å². The molecule has 1 aromatic rings. The van der Waals surface area contributed by atoms with Crippen LogP contribution in [0.15, 0.2) is 24.5 Å². The molecule has 2 aliphatic rings. The number of pyridine rings is 1. The Labute approximate surface area is 125 Å². The first-order valence-electron chi connectivity index (χ1n) is 7.67. The van der Waals surface area contributed by atoms with Crippen molar-refractivity contribution in [3.8, 4) is 0 Å². The molecule has 114 valence electrons. The Morgan fingerprint density at radius 2 is 2.10 bits per heavy atom. The van der Waals surface area contributed by atoms with E-state index < -0.39 is 11.0 Å².